The van der Waals surface area contributed by atoms with Crippen molar-refractivity contribution in [1.29, 1.82) is 0 Å². The SMILES string of the molecule is CCOc1ccccc1CC(C(=O)NS(=O)(=O)c1ccc(C(C)C)cc1)c1ccc2c(c1)OCO2.[H-].[K+]. The van der Waals surface area contributed by atoms with E-state index < -0.39 is 21.8 Å². The van der Waals surface area contributed by atoms with Crippen molar-refractivity contribution in [3.8, 4) is 17.2 Å². The first kappa shape index (κ1) is 28.7. The molecule has 0 bridgehead atoms. The summed E-state index contributed by atoms with van der Waals surface area (Å²) in [5.41, 5.74) is 2.43. The largest absolute Gasteiger partial charge is 1.00 e. The molecule has 0 aliphatic carbocycles. The number of nitrogens with one attached hydrogen (secondary N) is 1. The summed E-state index contributed by atoms with van der Waals surface area (Å²) in [6.07, 6.45) is 0.240. The summed E-state index contributed by atoms with van der Waals surface area (Å²) in [6.45, 7) is 6.51. The number of benzene rings is 3. The Morgan fingerprint density at radius 1 is 1.00 bits per heavy atom. The average Bonchev–Trinajstić information content (AvgIpc) is 3.31. The van der Waals surface area contributed by atoms with E-state index in [1.165, 1.54) is 12.1 Å². The van der Waals surface area contributed by atoms with Crippen molar-refractivity contribution in [3.63, 3.8) is 0 Å². The smallest absolute Gasteiger partial charge is 1.00 e. The fourth-order valence-corrected chi connectivity index (χ4v) is 4.99. The predicted octanol–water partition coefficient (Wildman–Crippen LogP) is 1.89. The van der Waals surface area contributed by atoms with Crippen LogP contribution in [-0.2, 0) is 21.2 Å². The van der Waals surface area contributed by atoms with Crippen LogP contribution in [0.25, 0.3) is 0 Å². The van der Waals surface area contributed by atoms with Gasteiger partial charge in [0.25, 0.3) is 10.0 Å². The zero-order chi connectivity index (χ0) is 25.0. The number of amides is 1. The van der Waals surface area contributed by atoms with E-state index in [1.807, 2.05) is 45.0 Å². The van der Waals surface area contributed by atoms with Crippen LogP contribution in [0.1, 0.15) is 50.7 Å². The summed E-state index contributed by atoms with van der Waals surface area (Å²) in [4.78, 5) is 13.5. The molecule has 186 valence electrons. The number of carbonyl (C=O) groups excluding carboxylic acids is 1. The van der Waals surface area contributed by atoms with Crippen molar-refractivity contribution in [2.75, 3.05) is 13.4 Å². The second-order valence-corrected chi connectivity index (χ2v) is 10.3. The molecule has 1 aliphatic rings. The normalized spacial score (nSPS) is 13.1. The van der Waals surface area contributed by atoms with E-state index in [9.17, 15) is 13.2 Å². The van der Waals surface area contributed by atoms with Crippen LogP contribution in [-0.4, -0.2) is 27.7 Å². The predicted molar refractivity (Wildman–Crippen MR) is 134 cm³/mol. The van der Waals surface area contributed by atoms with Crippen molar-refractivity contribution in [3.05, 3.63) is 83.4 Å². The molecular formula is C27H30KNO6S. The number of carbonyl (C=O) groups is 1. The zero-order valence-electron chi connectivity index (χ0n) is 22.0. The van der Waals surface area contributed by atoms with Crippen LogP contribution in [0, 0.1) is 0 Å². The van der Waals surface area contributed by atoms with Crippen molar-refractivity contribution in [2.24, 2.45) is 0 Å². The molecule has 7 nitrogen and oxygen atoms in total. The van der Waals surface area contributed by atoms with E-state index in [-0.39, 0.29) is 76.8 Å². The fourth-order valence-electron chi connectivity index (χ4n) is 3.97. The van der Waals surface area contributed by atoms with Crippen molar-refractivity contribution >= 4 is 15.9 Å². The Morgan fingerprint density at radius 3 is 2.36 bits per heavy atom. The van der Waals surface area contributed by atoms with E-state index >= 15 is 0 Å². The number of fused-ring (bicyclic) bond motifs is 1. The molecule has 36 heavy (non-hydrogen) atoms. The number of hydrogen-bond donors (Lipinski definition) is 1. The van der Waals surface area contributed by atoms with Gasteiger partial charge in [0.15, 0.2) is 11.5 Å². The Hall–Kier alpha value is -1.88. The second-order valence-electron chi connectivity index (χ2n) is 8.60. The minimum atomic E-state index is -4.07. The summed E-state index contributed by atoms with van der Waals surface area (Å²) in [5, 5.41) is 0. The molecule has 1 unspecified atom stereocenters. The molecule has 0 saturated carbocycles. The molecule has 9 heteroatoms. The van der Waals surface area contributed by atoms with Crippen molar-refractivity contribution in [2.45, 2.75) is 43.9 Å². The number of hydrogen-bond acceptors (Lipinski definition) is 6. The Labute approximate surface area is 256 Å². The third-order valence-corrected chi connectivity index (χ3v) is 7.27. The molecule has 1 N–H and O–H groups in total. The van der Waals surface area contributed by atoms with Gasteiger partial charge < -0.3 is 15.6 Å². The third kappa shape index (κ3) is 6.70. The average molecular weight is 536 g/mol. The van der Waals surface area contributed by atoms with Gasteiger partial charge in [-0.2, -0.15) is 0 Å². The van der Waals surface area contributed by atoms with Gasteiger partial charge >= 0.3 is 51.4 Å². The molecule has 4 rings (SSSR count). The number of rotatable bonds is 9. The summed E-state index contributed by atoms with van der Waals surface area (Å²) >= 11 is 0. The minimum Gasteiger partial charge on any atom is -1.00 e. The van der Waals surface area contributed by atoms with Crippen LogP contribution >= 0.6 is 0 Å². The summed E-state index contributed by atoms with van der Waals surface area (Å²) in [5.74, 6) is 0.577. The Morgan fingerprint density at radius 2 is 1.67 bits per heavy atom. The molecule has 3 aromatic rings. The minimum absolute atomic E-state index is 0. The second kappa shape index (κ2) is 12.6. The van der Waals surface area contributed by atoms with Crippen LogP contribution in [0.2, 0.25) is 0 Å². The van der Waals surface area contributed by atoms with Gasteiger partial charge in [0.05, 0.1) is 17.4 Å². The summed E-state index contributed by atoms with van der Waals surface area (Å²) in [7, 11) is -4.07. The van der Waals surface area contributed by atoms with Gasteiger partial charge in [0.1, 0.15) is 5.75 Å². The first-order valence-corrected chi connectivity index (χ1v) is 13.0. The van der Waals surface area contributed by atoms with Gasteiger partial charge in [0, 0.05) is 0 Å². The van der Waals surface area contributed by atoms with Crippen molar-refractivity contribution < 1.29 is 80.2 Å². The van der Waals surface area contributed by atoms with Gasteiger partial charge in [-0.25, -0.2) is 13.1 Å². The van der Waals surface area contributed by atoms with Crippen LogP contribution < -0.4 is 70.3 Å². The maximum atomic E-state index is 13.5. The van der Waals surface area contributed by atoms with E-state index in [1.54, 1.807) is 30.3 Å². The first-order chi connectivity index (χ1) is 16.8. The van der Waals surface area contributed by atoms with E-state index in [0.717, 1.165) is 11.1 Å². The summed E-state index contributed by atoms with van der Waals surface area (Å²) < 4.78 is 45.0. The van der Waals surface area contributed by atoms with E-state index in [4.69, 9.17) is 14.2 Å². The third-order valence-electron chi connectivity index (χ3n) is 5.90. The van der Waals surface area contributed by atoms with Crippen molar-refractivity contribution in [1.82, 2.24) is 4.72 Å². The van der Waals surface area contributed by atoms with Gasteiger partial charge in [0.2, 0.25) is 12.7 Å². The molecule has 1 aliphatic heterocycles. The van der Waals surface area contributed by atoms with Crippen LogP contribution in [0.4, 0.5) is 0 Å². The maximum Gasteiger partial charge on any atom is 1.00 e. The van der Waals surface area contributed by atoms with Gasteiger partial charge in [-0.1, -0.05) is 50.2 Å². The molecule has 0 fully saturated rings. The Bertz CT molecular complexity index is 1310. The topological polar surface area (TPSA) is 90.9 Å². The molecule has 1 amide bonds. The monoisotopic (exact) mass is 535 g/mol. The molecule has 0 saturated heterocycles. The first-order valence-electron chi connectivity index (χ1n) is 11.6. The Balaban J connectivity index is 0.00000241. The molecule has 3 aromatic carbocycles. The molecule has 1 atom stereocenters. The maximum absolute atomic E-state index is 13.5. The summed E-state index contributed by atoms with van der Waals surface area (Å²) in [6, 6.07) is 19.2. The number of ether oxygens (including phenoxy) is 3. The van der Waals surface area contributed by atoms with E-state index in [2.05, 4.69) is 4.72 Å². The number of para-hydroxylation sites is 1. The van der Waals surface area contributed by atoms with Gasteiger partial charge in [-0.3, -0.25) is 4.79 Å². The quantitative estimate of drug-likeness (QED) is 0.421. The van der Waals surface area contributed by atoms with Gasteiger partial charge in [-0.05, 0) is 66.3 Å². The molecule has 0 aromatic heterocycles. The van der Waals surface area contributed by atoms with Crippen LogP contribution in [0.3, 0.4) is 0 Å². The van der Waals surface area contributed by atoms with Crippen LogP contribution in [0.15, 0.2) is 71.6 Å². The standard InChI is InChI=1S/C27H29NO6S.K.H/c1-4-32-24-8-6-5-7-21(24)15-23(20-11-14-25-26(16-20)34-17-33-25)27(29)28-35(30,31)22-12-9-19(10-13-22)18(2)3;;/h5-14,16,18,23H,4,15,17H2,1-3H3,(H,28,29);;/q;+1;-1. The molecular weight excluding hydrogens is 505 g/mol. The molecule has 1 heterocycles. The molecule has 0 radical (unpaired) electrons. The number of sulfonamides is 1. The van der Waals surface area contributed by atoms with Crippen LogP contribution in [0.5, 0.6) is 17.2 Å². The Kier molecular flexibility index (Phi) is 10.0. The van der Waals surface area contributed by atoms with Gasteiger partial charge in [-0.15, -0.1) is 0 Å². The molecule has 0 spiro atoms. The van der Waals surface area contributed by atoms with E-state index in [0.29, 0.717) is 29.4 Å². The fraction of sp³-hybridized carbons (Fsp3) is 0.296. The zero-order valence-corrected chi connectivity index (χ0v) is 24.9.